The maximum atomic E-state index is 4.17. The lowest BCUT2D eigenvalue weighted by Crippen LogP contribution is -2.18. The molecule has 0 saturated heterocycles. The van der Waals surface area contributed by atoms with Crippen LogP contribution < -0.4 is 5.32 Å². The molecule has 1 aromatic heterocycles. The van der Waals surface area contributed by atoms with Crippen LogP contribution in [-0.2, 0) is 6.54 Å². The van der Waals surface area contributed by atoms with Crippen LogP contribution in [-0.4, -0.2) is 4.98 Å². The van der Waals surface area contributed by atoms with Crippen molar-refractivity contribution in [2.75, 3.05) is 0 Å². The lowest BCUT2D eigenvalue weighted by molar-refractivity contribution is 0.572. The Morgan fingerprint density at radius 1 is 1.22 bits per heavy atom. The Bertz CT molecular complexity index is 520. The normalized spacial score (nSPS) is 12.4. The molecule has 94 valence electrons. The largest absolute Gasteiger partial charge is 0.306 e. The van der Waals surface area contributed by atoms with E-state index in [0.29, 0.717) is 6.04 Å². The van der Waals surface area contributed by atoms with E-state index in [2.05, 4.69) is 55.3 Å². The zero-order valence-electron chi connectivity index (χ0n) is 11.3. The van der Waals surface area contributed by atoms with Crippen LogP contribution in [0.3, 0.4) is 0 Å². The molecule has 1 N–H and O–H groups in total. The smallest absolute Gasteiger partial charge is 0.0315 e. The number of aromatic nitrogens is 1. The van der Waals surface area contributed by atoms with Gasteiger partial charge in [0.2, 0.25) is 0 Å². The van der Waals surface area contributed by atoms with Gasteiger partial charge >= 0.3 is 0 Å². The fourth-order valence-electron chi connectivity index (χ4n) is 2.00. The first-order valence-corrected chi connectivity index (χ1v) is 6.36. The Kier molecular flexibility index (Phi) is 4.11. The number of hydrogen-bond acceptors (Lipinski definition) is 2. The summed E-state index contributed by atoms with van der Waals surface area (Å²) in [4.78, 5) is 4.17. The van der Waals surface area contributed by atoms with Gasteiger partial charge in [-0.15, -0.1) is 0 Å². The lowest BCUT2D eigenvalue weighted by Gasteiger charge is -2.15. The van der Waals surface area contributed by atoms with Crippen LogP contribution in [0.2, 0.25) is 0 Å². The minimum atomic E-state index is 0.351. The van der Waals surface area contributed by atoms with Crippen LogP contribution in [0.4, 0.5) is 0 Å². The van der Waals surface area contributed by atoms with E-state index in [9.17, 15) is 0 Å². The highest BCUT2D eigenvalue weighted by molar-refractivity contribution is 5.25. The number of nitrogens with one attached hydrogen (secondary N) is 1. The Morgan fingerprint density at radius 2 is 2.06 bits per heavy atom. The topological polar surface area (TPSA) is 24.9 Å². The molecule has 0 aliphatic heterocycles. The second kappa shape index (κ2) is 5.78. The zero-order chi connectivity index (χ0) is 13.0. The molecule has 0 fully saturated rings. The summed E-state index contributed by atoms with van der Waals surface area (Å²) in [6.45, 7) is 7.30. The fourth-order valence-corrected chi connectivity index (χ4v) is 2.00. The number of benzene rings is 1. The summed E-state index contributed by atoms with van der Waals surface area (Å²) in [6, 6.07) is 11.0. The van der Waals surface area contributed by atoms with Gasteiger partial charge in [-0.05, 0) is 43.5 Å². The highest BCUT2D eigenvalue weighted by Gasteiger charge is 2.05. The van der Waals surface area contributed by atoms with Gasteiger partial charge in [0.25, 0.3) is 0 Å². The Labute approximate surface area is 109 Å². The highest BCUT2D eigenvalue weighted by Crippen LogP contribution is 2.15. The van der Waals surface area contributed by atoms with Gasteiger partial charge in [0.1, 0.15) is 0 Å². The first-order chi connectivity index (χ1) is 8.66. The second-order valence-corrected chi connectivity index (χ2v) is 4.82. The third-order valence-corrected chi connectivity index (χ3v) is 3.29. The monoisotopic (exact) mass is 240 g/mol. The van der Waals surface area contributed by atoms with Crippen molar-refractivity contribution in [1.29, 1.82) is 0 Å². The van der Waals surface area contributed by atoms with Gasteiger partial charge in [-0.3, -0.25) is 4.98 Å². The van der Waals surface area contributed by atoms with E-state index >= 15 is 0 Å². The predicted molar refractivity (Wildman–Crippen MR) is 75.4 cm³/mol. The van der Waals surface area contributed by atoms with Gasteiger partial charge in [0.05, 0.1) is 0 Å². The first-order valence-electron chi connectivity index (χ1n) is 6.36. The summed E-state index contributed by atoms with van der Waals surface area (Å²) in [5.74, 6) is 0. The molecule has 0 radical (unpaired) electrons. The van der Waals surface area contributed by atoms with Gasteiger partial charge in [-0.1, -0.05) is 29.8 Å². The maximum absolute atomic E-state index is 4.17. The molecule has 1 heterocycles. The van der Waals surface area contributed by atoms with Crippen molar-refractivity contribution in [2.24, 2.45) is 0 Å². The van der Waals surface area contributed by atoms with E-state index < -0.39 is 0 Å². The molecule has 0 amide bonds. The average molecular weight is 240 g/mol. The molecule has 2 aromatic rings. The Balaban J connectivity index is 2.00. The number of nitrogens with zero attached hydrogens (tertiary/aromatic N) is 1. The average Bonchev–Trinajstić information content (AvgIpc) is 2.37. The Morgan fingerprint density at radius 3 is 2.78 bits per heavy atom. The SMILES string of the molecule is Cc1cccc([C@H](C)NCc2cnccc2C)c1. The predicted octanol–water partition coefficient (Wildman–Crippen LogP) is 3.55. The first kappa shape index (κ1) is 12.8. The van der Waals surface area contributed by atoms with Crippen LogP contribution in [0.5, 0.6) is 0 Å². The van der Waals surface area contributed by atoms with E-state index in [4.69, 9.17) is 0 Å². The number of rotatable bonds is 4. The zero-order valence-corrected chi connectivity index (χ0v) is 11.3. The molecule has 0 aliphatic rings. The van der Waals surface area contributed by atoms with Crippen LogP contribution >= 0.6 is 0 Å². The molecular formula is C16H20N2. The minimum Gasteiger partial charge on any atom is -0.306 e. The van der Waals surface area contributed by atoms with Gasteiger partial charge in [0, 0.05) is 25.0 Å². The fraction of sp³-hybridized carbons (Fsp3) is 0.312. The van der Waals surface area contributed by atoms with Crippen molar-refractivity contribution in [1.82, 2.24) is 10.3 Å². The molecule has 2 rings (SSSR count). The van der Waals surface area contributed by atoms with Crippen molar-refractivity contribution in [3.63, 3.8) is 0 Å². The molecule has 0 bridgehead atoms. The molecule has 0 spiro atoms. The minimum absolute atomic E-state index is 0.351. The van der Waals surface area contributed by atoms with Crippen molar-refractivity contribution >= 4 is 0 Å². The number of aryl methyl sites for hydroxylation is 2. The van der Waals surface area contributed by atoms with Crippen LogP contribution in [0.15, 0.2) is 42.7 Å². The van der Waals surface area contributed by atoms with E-state index in [-0.39, 0.29) is 0 Å². The van der Waals surface area contributed by atoms with Gasteiger partial charge in [-0.25, -0.2) is 0 Å². The third kappa shape index (κ3) is 3.17. The van der Waals surface area contributed by atoms with Crippen LogP contribution in [0.25, 0.3) is 0 Å². The summed E-state index contributed by atoms with van der Waals surface area (Å²) in [5, 5.41) is 3.54. The standard InChI is InChI=1S/C16H20N2/c1-12-5-4-6-15(9-12)14(3)18-11-16-10-17-8-7-13(16)2/h4-10,14,18H,11H2,1-3H3/t14-/m0/s1. The summed E-state index contributed by atoms with van der Waals surface area (Å²) in [7, 11) is 0. The van der Waals surface area contributed by atoms with Crippen molar-refractivity contribution in [3.05, 3.63) is 65.0 Å². The Hall–Kier alpha value is -1.67. The number of pyridine rings is 1. The van der Waals surface area contributed by atoms with Crippen molar-refractivity contribution < 1.29 is 0 Å². The second-order valence-electron chi connectivity index (χ2n) is 4.82. The molecule has 1 aromatic carbocycles. The van der Waals surface area contributed by atoms with E-state index in [0.717, 1.165) is 6.54 Å². The summed E-state index contributed by atoms with van der Waals surface area (Å²) in [5.41, 5.74) is 5.18. The van der Waals surface area contributed by atoms with E-state index in [1.807, 2.05) is 18.5 Å². The summed E-state index contributed by atoms with van der Waals surface area (Å²) in [6.07, 6.45) is 3.77. The molecule has 0 saturated carbocycles. The van der Waals surface area contributed by atoms with Gasteiger partial charge < -0.3 is 5.32 Å². The summed E-state index contributed by atoms with van der Waals surface area (Å²) >= 11 is 0. The molecule has 0 unspecified atom stereocenters. The molecule has 18 heavy (non-hydrogen) atoms. The molecule has 2 heteroatoms. The summed E-state index contributed by atoms with van der Waals surface area (Å²) < 4.78 is 0. The van der Waals surface area contributed by atoms with Crippen LogP contribution in [0.1, 0.15) is 35.2 Å². The number of hydrogen-bond donors (Lipinski definition) is 1. The molecular weight excluding hydrogens is 220 g/mol. The lowest BCUT2D eigenvalue weighted by atomic mass is 10.1. The van der Waals surface area contributed by atoms with Crippen molar-refractivity contribution in [3.8, 4) is 0 Å². The quantitative estimate of drug-likeness (QED) is 0.884. The van der Waals surface area contributed by atoms with Gasteiger partial charge in [0.15, 0.2) is 0 Å². The van der Waals surface area contributed by atoms with E-state index in [1.54, 1.807) is 0 Å². The molecule has 1 atom stereocenters. The van der Waals surface area contributed by atoms with Crippen LogP contribution in [0, 0.1) is 13.8 Å². The van der Waals surface area contributed by atoms with E-state index in [1.165, 1.54) is 22.3 Å². The van der Waals surface area contributed by atoms with Crippen molar-refractivity contribution in [2.45, 2.75) is 33.4 Å². The highest BCUT2D eigenvalue weighted by atomic mass is 14.9. The van der Waals surface area contributed by atoms with Gasteiger partial charge in [-0.2, -0.15) is 0 Å². The maximum Gasteiger partial charge on any atom is 0.0315 e. The molecule has 0 aliphatic carbocycles. The third-order valence-electron chi connectivity index (χ3n) is 3.29. The molecule has 2 nitrogen and oxygen atoms in total.